The number of ether oxygens (including phenoxy) is 1. The van der Waals surface area contributed by atoms with E-state index in [1.165, 1.54) is 0 Å². The first-order valence-electron chi connectivity index (χ1n) is 5.28. The molecule has 0 aliphatic carbocycles. The molecular weight excluding hydrogens is 210 g/mol. The van der Waals surface area contributed by atoms with Gasteiger partial charge in [0, 0.05) is 11.3 Å². The first-order chi connectivity index (χ1) is 7.08. The summed E-state index contributed by atoms with van der Waals surface area (Å²) < 4.78 is 5.75. The van der Waals surface area contributed by atoms with Crippen molar-refractivity contribution in [2.75, 3.05) is 0 Å². The van der Waals surface area contributed by atoms with Crippen LogP contribution < -0.4 is 4.74 Å². The Morgan fingerprint density at radius 3 is 2.67 bits per heavy atom. The maximum atomic E-state index is 5.90. The van der Waals surface area contributed by atoms with Crippen LogP contribution in [-0.2, 0) is 5.88 Å². The van der Waals surface area contributed by atoms with Gasteiger partial charge >= 0.3 is 0 Å². The lowest BCUT2D eigenvalue weighted by Crippen LogP contribution is -2.13. The van der Waals surface area contributed by atoms with E-state index in [-0.39, 0.29) is 6.10 Å². The number of aromatic nitrogens is 1. The van der Waals surface area contributed by atoms with Crippen LogP contribution in [0.25, 0.3) is 0 Å². The lowest BCUT2D eigenvalue weighted by atomic mass is 10.1. The van der Waals surface area contributed by atoms with Crippen LogP contribution >= 0.6 is 11.6 Å². The van der Waals surface area contributed by atoms with Crippen molar-refractivity contribution >= 4 is 11.6 Å². The van der Waals surface area contributed by atoms with E-state index in [0.29, 0.717) is 11.8 Å². The van der Waals surface area contributed by atoms with Crippen LogP contribution in [0.4, 0.5) is 0 Å². The predicted molar refractivity (Wildman–Crippen MR) is 63.6 cm³/mol. The summed E-state index contributed by atoms with van der Waals surface area (Å²) in [6.45, 7) is 8.13. The van der Waals surface area contributed by atoms with Crippen LogP contribution in [0.15, 0.2) is 6.07 Å². The molecule has 0 saturated carbocycles. The van der Waals surface area contributed by atoms with Crippen molar-refractivity contribution in [3.8, 4) is 5.88 Å². The molecule has 84 valence electrons. The van der Waals surface area contributed by atoms with Crippen molar-refractivity contribution in [3.63, 3.8) is 0 Å². The van der Waals surface area contributed by atoms with Crippen LogP contribution in [0, 0.1) is 13.8 Å². The van der Waals surface area contributed by atoms with Gasteiger partial charge < -0.3 is 4.74 Å². The van der Waals surface area contributed by atoms with Gasteiger partial charge in [-0.3, -0.25) is 0 Å². The van der Waals surface area contributed by atoms with Crippen molar-refractivity contribution in [3.05, 3.63) is 22.9 Å². The largest absolute Gasteiger partial charge is 0.474 e. The maximum Gasteiger partial charge on any atom is 0.218 e. The zero-order valence-electron chi connectivity index (χ0n) is 9.80. The number of aryl methyl sites for hydroxylation is 2. The third kappa shape index (κ3) is 3.10. The van der Waals surface area contributed by atoms with Gasteiger partial charge in [-0.2, -0.15) is 0 Å². The third-order valence-corrected chi connectivity index (χ3v) is 2.73. The Balaban J connectivity index is 3.03. The van der Waals surface area contributed by atoms with Crippen molar-refractivity contribution in [2.45, 2.75) is 46.1 Å². The van der Waals surface area contributed by atoms with E-state index in [2.05, 4.69) is 11.9 Å². The van der Waals surface area contributed by atoms with Gasteiger partial charge in [0.05, 0.1) is 12.0 Å². The van der Waals surface area contributed by atoms with Crippen LogP contribution in [0.1, 0.15) is 37.1 Å². The average molecular weight is 228 g/mol. The van der Waals surface area contributed by atoms with E-state index in [0.717, 1.165) is 23.2 Å². The van der Waals surface area contributed by atoms with E-state index >= 15 is 0 Å². The molecule has 2 nitrogen and oxygen atoms in total. The highest BCUT2D eigenvalue weighted by Crippen LogP contribution is 2.24. The van der Waals surface area contributed by atoms with Gasteiger partial charge in [-0.05, 0) is 38.8 Å². The quantitative estimate of drug-likeness (QED) is 0.733. The fourth-order valence-corrected chi connectivity index (χ4v) is 1.69. The summed E-state index contributed by atoms with van der Waals surface area (Å²) >= 11 is 5.90. The molecular formula is C12H18ClNO. The molecule has 0 spiro atoms. The molecule has 0 amide bonds. The van der Waals surface area contributed by atoms with Crippen molar-refractivity contribution in [1.82, 2.24) is 4.98 Å². The van der Waals surface area contributed by atoms with Crippen molar-refractivity contribution < 1.29 is 4.74 Å². The summed E-state index contributed by atoms with van der Waals surface area (Å²) in [5, 5.41) is 0. The number of rotatable bonds is 4. The van der Waals surface area contributed by atoms with Crippen LogP contribution in [0.3, 0.4) is 0 Å². The second kappa shape index (κ2) is 5.36. The smallest absolute Gasteiger partial charge is 0.218 e. The van der Waals surface area contributed by atoms with Crippen LogP contribution in [0.5, 0.6) is 5.88 Å². The highest BCUT2D eigenvalue weighted by molar-refractivity contribution is 6.17. The minimum atomic E-state index is 0.181. The van der Waals surface area contributed by atoms with Gasteiger partial charge in [-0.25, -0.2) is 4.98 Å². The first kappa shape index (κ1) is 12.3. The summed E-state index contributed by atoms with van der Waals surface area (Å²) in [5.41, 5.74) is 3.12. The van der Waals surface area contributed by atoms with Gasteiger partial charge in [-0.15, -0.1) is 11.6 Å². The van der Waals surface area contributed by atoms with Gasteiger partial charge in [0.1, 0.15) is 0 Å². The highest BCUT2D eigenvalue weighted by Gasteiger charge is 2.11. The van der Waals surface area contributed by atoms with Crippen molar-refractivity contribution in [2.24, 2.45) is 0 Å². The second-order valence-electron chi connectivity index (χ2n) is 3.83. The number of hydrogen-bond acceptors (Lipinski definition) is 2. The number of hydrogen-bond donors (Lipinski definition) is 0. The summed E-state index contributed by atoms with van der Waals surface area (Å²) in [6.07, 6.45) is 1.15. The molecule has 0 radical (unpaired) electrons. The molecule has 15 heavy (non-hydrogen) atoms. The second-order valence-corrected chi connectivity index (χ2v) is 4.10. The molecule has 0 bridgehead atoms. The van der Waals surface area contributed by atoms with E-state index in [4.69, 9.17) is 16.3 Å². The fraction of sp³-hybridized carbons (Fsp3) is 0.583. The highest BCUT2D eigenvalue weighted by atomic mass is 35.5. The minimum Gasteiger partial charge on any atom is -0.474 e. The Bertz CT molecular complexity index is 339. The Hall–Kier alpha value is -0.760. The number of halogens is 1. The first-order valence-corrected chi connectivity index (χ1v) is 5.81. The normalized spacial score (nSPS) is 12.6. The molecule has 1 aromatic rings. The van der Waals surface area contributed by atoms with E-state index in [1.54, 1.807) is 0 Å². The standard InChI is InChI=1S/C12H18ClNO/c1-5-10(4)15-12-11(7-13)8(2)6-9(3)14-12/h6,10H,5,7H2,1-4H3. The molecule has 3 heteroatoms. The summed E-state index contributed by atoms with van der Waals surface area (Å²) in [7, 11) is 0. The Morgan fingerprint density at radius 1 is 1.47 bits per heavy atom. The molecule has 1 heterocycles. The Kier molecular flexibility index (Phi) is 4.40. The monoisotopic (exact) mass is 227 g/mol. The van der Waals surface area contributed by atoms with Gasteiger partial charge in [0.15, 0.2) is 0 Å². The average Bonchev–Trinajstić information content (AvgIpc) is 2.17. The number of nitrogens with zero attached hydrogens (tertiary/aromatic N) is 1. The van der Waals surface area contributed by atoms with Crippen LogP contribution in [0.2, 0.25) is 0 Å². The molecule has 0 N–H and O–H groups in total. The molecule has 1 unspecified atom stereocenters. The molecule has 0 aromatic carbocycles. The fourth-order valence-electron chi connectivity index (χ4n) is 1.36. The summed E-state index contributed by atoms with van der Waals surface area (Å²) in [6, 6.07) is 2.03. The lowest BCUT2D eigenvalue weighted by molar-refractivity contribution is 0.206. The third-order valence-electron chi connectivity index (χ3n) is 2.46. The molecule has 0 aliphatic rings. The topological polar surface area (TPSA) is 22.1 Å². The predicted octanol–water partition coefficient (Wildman–Crippen LogP) is 3.61. The lowest BCUT2D eigenvalue weighted by Gasteiger charge is -2.16. The molecule has 0 aliphatic heterocycles. The maximum absolute atomic E-state index is 5.90. The summed E-state index contributed by atoms with van der Waals surface area (Å²) in [4.78, 5) is 4.39. The van der Waals surface area contributed by atoms with E-state index in [9.17, 15) is 0 Å². The molecule has 0 fully saturated rings. The number of alkyl halides is 1. The SMILES string of the molecule is CCC(C)Oc1nc(C)cc(C)c1CCl. The number of pyridine rings is 1. The molecule has 1 atom stereocenters. The van der Waals surface area contributed by atoms with Gasteiger partial charge in [0.25, 0.3) is 0 Å². The van der Waals surface area contributed by atoms with Crippen LogP contribution in [-0.4, -0.2) is 11.1 Å². The Morgan fingerprint density at radius 2 is 2.13 bits per heavy atom. The molecule has 0 saturated heterocycles. The van der Waals surface area contributed by atoms with Gasteiger partial charge in [-0.1, -0.05) is 6.92 Å². The van der Waals surface area contributed by atoms with Crippen molar-refractivity contribution in [1.29, 1.82) is 0 Å². The zero-order valence-corrected chi connectivity index (χ0v) is 10.6. The Labute approximate surface area is 96.6 Å². The molecule has 1 rings (SSSR count). The van der Waals surface area contributed by atoms with E-state index in [1.807, 2.05) is 26.8 Å². The summed E-state index contributed by atoms with van der Waals surface area (Å²) in [5.74, 6) is 1.14. The van der Waals surface area contributed by atoms with Gasteiger partial charge in [0.2, 0.25) is 5.88 Å². The molecule has 1 aromatic heterocycles. The zero-order chi connectivity index (χ0) is 11.4. The minimum absolute atomic E-state index is 0.181. The van der Waals surface area contributed by atoms with E-state index < -0.39 is 0 Å².